The second kappa shape index (κ2) is 4.88. The van der Waals surface area contributed by atoms with Gasteiger partial charge in [0.25, 0.3) is 5.91 Å². The molecule has 0 unspecified atom stereocenters. The van der Waals surface area contributed by atoms with Crippen LogP contribution in [0.15, 0.2) is 39.4 Å². The first kappa shape index (κ1) is 12.5. The maximum Gasteiger partial charge on any atom is 0.371 e. The molecule has 1 N–H and O–H groups in total. The van der Waals surface area contributed by atoms with Crippen molar-refractivity contribution >= 4 is 11.9 Å². The third kappa shape index (κ3) is 2.09. The molecule has 1 amide bonds. The number of carbonyl (C=O) groups is 2. The van der Waals surface area contributed by atoms with Gasteiger partial charge in [0, 0.05) is 6.54 Å². The summed E-state index contributed by atoms with van der Waals surface area (Å²) >= 11 is 0. The molecule has 2 aromatic heterocycles. The molecule has 104 valence electrons. The molecule has 6 nitrogen and oxygen atoms in total. The highest BCUT2D eigenvalue weighted by Crippen LogP contribution is 2.33. The van der Waals surface area contributed by atoms with Gasteiger partial charge in [-0.3, -0.25) is 4.79 Å². The lowest BCUT2D eigenvalue weighted by Crippen LogP contribution is -2.30. The summed E-state index contributed by atoms with van der Waals surface area (Å²) in [6, 6.07) is 6.18. The summed E-state index contributed by atoms with van der Waals surface area (Å²) in [4.78, 5) is 24.8. The Morgan fingerprint density at radius 2 is 2.05 bits per heavy atom. The smallest absolute Gasteiger partial charge is 0.371 e. The normalized spacial score (nSPS) is 18.4. The fourth-order valence-electron chi connectivity index (χ4n) is 2.50. The van der Waals surface area contributed by atoms with Crippen LogP contribution >= 0.6 is 0 Å². The van der Waals surface area contributed by atoms with Crippen LogP contribution in [-0.2, 0) is 0 Å². The van der Waals surface area contributed by atoms with E-state index in [1.807, 2.05) is 6.07 Å². The standard InChI is InChI=1S/C14H13NO5/c16-13(11-5-6-12(20-11)14(17)18)15-7-1-3-9(15)10-4-2-8-19-10/h2,4-6,8-9H,1,3,7H2,(H,17,18)/t9-/m0/s1. The third-order valence-electron chi connectivity index (χ3n) is 3.41. The molecule has 1 aliphatic rings. The van der Waals surface area contributed by atoms with Gasteiger partial charge in [0.1, 0.15) is 5.76 Å². The molecule has 0 radical (unpaired) electrons. The number of hydrogen-bond donors (Lipinski definition) is 1. The molecular weight excluding hydrogens is 262 g/mol. The molecule has 0 spiro atoms. The number of hydrogen-bond acceptors (Lipinski definition) is 4. The van der Waals surface area contributed by atoms with Gasteiger partial charge >= 0.3 is 5.97 Å². The highest BCUT2D eigenvalue weighted by Gasteiger charge is 2.33. The average molecular weight is 275 g/mol. The SMILES string of the molecule is O=C(O)c1ccc(C(=O)N2CCC[C@H]2c2ccco2)o1. The summed E-state index contributed by atoms with van der Waals surface area (Å²) < 4.78 is 10.4. The zero-order valence-electron chi connectivity index (χ0n) is 10.6. The van der Waals surface area contributed by atoms with E-state index in [1.54, 1.807) is 17.2 Å². The Morgan fingerprint density at radius 3 is 2.70 bits per heavy atom. The summed E-state index contributed by atoms with van der Waals surface area (Å²) in [5, 5.41) is 8.81. The molecule has 0 bridgehead atoms. The van der Waals surface area contributed by atoms with Gasteiger partial charge in [-0.1, -0.05) is 0 Å². The Kier molecular flexibility index (Phi) is 3.06. The second-order valence-corrected chi connectivity index (χ2v) is 4.64. The molecule has 1 aliphatic heterocycles. The minimum atomic E-state index is -1.19. The number of carboxylic acids is 1. The summed E-state index contributed by atoms with van der Waals surface area (Å²) in [7, 11) is 0. The highest BCUT2D eigenvalue weighted by molar-refractivity contribution is 5.93. The molecule has 0 saturated carbocycles. The molecule has 1 fully saturated rings. The predicted molar refractivity (Wildman–Crippen MR) is 67.4 cm³/mol. The van der Waals surface area contributed by atoms with Gasteiger partial charge in [0.05, 0.1) is 12.3 Å². The monoisotopic (exact) mass is 275 g/mol. The van der Waals surface area contributed by atoms with Crippen LogP contribution in [0.4, 0.5) is 0 Å². The fourth-order valence-corrected chi connectivity index (χ4v) is 2.50. The molecule has 6 heteroatoms. The Balaban J connectivity index is 1.83. The number of aromatic carboxylic acids is 1. The van der Waals surface area contributed by atoms with E-state index in [1.165, 1.54) is 12.1 Å². The molecule has 0 aromatic carbocycles. The molecule has 3 rings (SSSR count). The van der Waals surface area contributed by atoms with Crippen molar-refractivity contribution in [1.82, 2.24) is 4.90 Å². The van der Waals surface area contributed by atoms with E-state index < -0.39 is 5.97 Å². The summed E-state index contributed by atoms with van der Waals surface area (Å²) in [5.74, 6) is -0.951. The molecule has 1 atom stereocenters. The number of likely N-dealkylation sites (tertiary alicyclic amines) is 1. The minimum absolute atomic E-state index is 0.0425. The Hall–Kier alpha value is -2.50. The van der Waals surface area contributed by atoms with Crippen LogP contribution in [0.1, 0.15) is 45.8 Å². The number of rotatable bonds is 3. The van der Waals surface area contributed by atoms with E-state index >= 15 is 0 Å². The number of amides is 1. The van der Waals surface area contributed by atoms with Crippen LogP contribution in [-0.4, -0.2) is 28.4 Å². The van der Waals surface area contributed by atoms with Crippen LogP contribution in [0.25, 0.3) is 0 Å². The van der Waals surface area contributed by atoms with Crippen molar-refractivity contribution in [3.8, 4) is 0 Å². The fraction of sp³-hybridized carbons (Fsp3) is 0.286. The van der Waals surface area contributed by atoms with Gasteiger partial charge < -0.3 is 18.8 Å². The largest absolute Gasteiger partial charge is 0.475 e. The Morgan fingerprint density at radius 1 is 1.25 bits per heavy atom. The zero-order valence-corrected chi connectivity index (χ0v) is 10.6. The van der Waals surface area contributed by atoms with Crippen molar-refractivity contribution in [2.75, 3.05) is 6.54 Å². The van der Waals surface area contributed by atoms with Crippen LogP contribution in [0.3, 0.4) is 0 Å². The topological polar surface area (TPSA) is 83.9 Å². The Labute approximate surface area is 114 Å². The van der Waals surface area contributed by atoms with Gasteiger partial charge in [-0.2, -0.15) is 0 Å². The third-order valence-corrected chi connectivity index (χ3v) is 3.41. The quantitative estimate of drug-likeness (QED) is 0.930. The summed E-state index contributed by atoms with van der Waals surface area (Å²) in [6.45, 7) is 0.604. The Bertz CT molecular complexity index is 628. The van der Waals surface area contributed by atoms with E-state index in [9.17, 15) is 9.59 Å². The van der Waals surface area contributed by atoms with E-state index in [-0.39, 0.29) is 23.5 Å². The van der Waals surface area contributed by atoms with Crippen molar-refractivity contribution in [3.63, 3.8) is 0 Å². The van der Waals surface area contributed by atoms with Crippen LogP contribution in [0.5, 0.6) is 0 Å². The van der Waals surface area contributed by atoms with Gasteiger partial charge in [0.2, 0.25) is 5.76 Å². The highest BCUT2D eigenvalue weighted by atomic mass is 16.4. The van der Waals surface area contributed by atoms with E-state index in [0.29, 0.717) is 6.54 Å². The molecular formula is C14H13NO5. The minimum Gasteiger partial charge on any atom is -0.475 e. The summed E-state index contributed by atoms with van der Waals surface area (Å²) in [5.41, 5.74) is 0. The van der Waals surface area contributed by atoms with Crippen molar-refractivity contribution in [1.29, 1.82) is 0 Å². The van der Waals surface area contributed by atoms with Gasteiger partial charge in [-0.05, 0) is 37.1 Å². The maximum atomic E-state index is 12.4. The lowest BCUT2D eigenvalue weighted by Gasteiger charge is -2.21. The average Bonchev–Trinajstić information content (AvgIpc) is 3.17. The molecule has 0 aliphatic carbocycles. The first-order valence-corrected chi connectivity index (χ1v) is 6.34. The van der Waals surface area contributed by atoms with E-state index in [0.717, 1.165) is 18.6 Å². The predicted octanol–water partition coefficient (Wildman–Crippen LogP) is 2.55. The molecule has 2 aromatic rings. The van der Waals surface area contributed by atoms with Crippen LogP contribution in [0.2, 0.25) is 0 Å². The number of carbonyl (C=O) groups excluding carboxylic acids is 1. The molecule has 3 heterocycles. The van der Waals surface area contributed by atoms with E-state index in [4.69, 9.17) is 13.9 Å². The number of carboxylic acid groups (broad SMARTS) is 1. The second-order valence-electron chi connectivity index (χ2n) is 4.64. The zero-order chi connectivity index (χ0) is 14.1. The van der Waals surface area contributed by atoms with Gasteiger partial charge in [0.15, 0.2) is 5.76 Å². The van der Waals surface area contributed by atoms with Crippen LogP contribution in [0, 0.1) is 0 Å². The first-order chi connectivity index (χ1) is 9.66. The summed E-state index contributed by atoms with van der Waals surface area (Å²) in [6.07, 6.45) is 3.28. The van der Waals surface area contributed by atoms with Crippen molar-refractivity contribution in [2.45, 2.75) is 18.9 Å². The lowest BCUT2D eigenvalue weighted by atomic mass is 10.1. The van der Waals surface area contributed by atoms with Crippen molar-refractivity contribution in [2.24, 2.45) is 0 Å². The van der Waals surface area contributed by atoms with Gasteiger partial charge in [-0.15, -0.1) is 0 Å². The van der Waals surface area contributed by atoms with Crippen molar-refractivity contribution < 1.29 is 23.5 Å². The first-order valence-electron chi connectivity index (χ1n) is 6.34. The maximum absolute atomic E-state index is 12.4. The lowest BCUT2D eigenvalue weighted by molar-refractivity contribution is 0.0641. The molecule has 1 saturated heterocycles. The molecule has 20 heavy (non-hydrogen) atoms. The van der Waals surface area contributed by atoms with E-state index in [2.05, 4.69) is 0 Å². The van der Waals surface area contributed by atoms with Crippen LogP contribution < -0.4 is 0 Å². The number of furan rings is 2. The van der Waals surface area contributed by atoms with Crippen molar-refractivity contribution in [3.05, 3.63) is 47.8 Å². The number of nitrogens with zero attached hydrogens (tertiary/aromatic N) is 1. The van der Waals surface area contributed by atoms with Gasteiger partial charge in [-0.25, -0.2) is 4.79 Å².